The maximum absolute atomic E-state index is 9.24. The number of aromatic hydroxyl groups is 1. The second kappa shape index (κ2) is 3.95. The van der Waals surface area contributed by atoms with Gasteiger partial charge in [0, 0.05) is 12.1 Å². The van der Waals surface area contributed by atoms with Crippen LogP contribution in [0.15, 0.2) is 24.3 Å². The van der Waals surface area contributed by atoms with E-state index >= 15 is 0 Å². The molecule has 0 aliphatic rings. The van der Waals surface area contributed by atoms with Gasteiger partial charge in [0.05, 0.1) is 7.11 Å². The molecule has 60 valence electrons. The molecule has 11 heavy (non-hydrogen) atoms. The molecule has 1 rings (SSSR count). The van der Waals surface area contributed by atoms with E-state index in [9.17, 15) is 5.11 Å². The molecule has 0 atom stereocenters. The lowest BCUT2D eigenvalue weighted by molar-refractivity contribution is 0.0861. The third-order valence-corrected chi connectivity index (χ3v) is 1.40. The van der Waals surface area contributed by atoms with Gasteiger partial charge in [-0.3, -0.25) is 0 Å². The van der Waals surface area contributed by atoms with Gasteiger partial charge in [-0.05, 0) is 6.07 Å². The van der Waals surface area contributed by atoms with Crippen LogP contribution in [0, 0.1) is 0 Å². The highest BCUT2D eigenvalue weighted by Gasteiger charge is 1.96. The molecular weight excluding hydrogens is 142 g/mol. The molecule has 0 spiro atoms. The number of nitrogens with one attached hydrogen (secondary N) is 1. The fourth-order valence-electron chi connectivity index (χ4n) is 0.810. The van der Waals surface area contributed by atoms with Crippen LogP contribution in [0.25, 0.3) is 0 Å². The van der Waals surface area contributed by atoms with Crippen molar-refractivity contribution in [3.63, 3.8) is 0 Å². The third-order valence-electron chi connectivity index (χ3n) is 1.40. The molecule has 0 fully saturated rings. The number of hydrogen-bond donors (Lipinski definition) is 2. The van der Waals surface area contributed by atoms with E-state index in [1.54, 1.807) is 19.2 Å². The molecule has 0 aromatic heterocycles. The highest BCUT2D eigenvalue weighted by atomic mass is 16.6. The first kappa shape index (κ1) is 8.04. The van der Waals surface area contributed by atoms with Crippen molar-refractivity contribution in [2.24, 2.45) is 0 Å². The van der Waals surface area contributed by atoms with Gasteiger partial charge >= 0.3 is 0 Å². The van der Waals surface area contributed by atoms with Crippen LogP contribution in [0.2, 0.25) is 0 Å². The van der Waals surface area contributed by atoms with Crippen LogP contribution in [-0.2, 0) is 11.4 Å². The number of phenolic OH excluding ortho intramolecular Hbond substituents is 1. The van der Waals surface area contributed by atoms with Crippen LogP contribution in [0.5, 0.6) is 5.75 Å². The molecular formula is C8H11NO2. The Morgan fingerprint density at radius 1 is 1.45 bits per heavy atom. The summed E-state index contributed by atoms with van der Waals surface area (Å²) in [5.41, 5.74) is 3.47. The summed E-state index contributed by atoms with van der Waals surface area (Å²) in [6, 6.07) is 7.13. The number of hydrogen-bond acceptors (Lipinski definition) is 3. The molecule has 0 unspecified atom stereocenters. The van der Waals surface area contributed by atoms with Gasteiger partial charge in [0.2, 0.25) is 0 Å². The van der Waals surface area contributed by atoms with Gasteiger partial charge in [-0.1, -0.05) is 18.2 Å². The lowest BCUT2D eigenvalue weighted by Gasteiger charge is -2.03. The van der Waals surface area contributed by atoms with Gasteiger partial charge in [-0.2, -0.15) is 5.48 Å². The van der Waals surface area contributed by atoms with Crippen LogP contribution in [0.4, 0.5) is 0 Å². The molecule has 1 aromatic carbocycles. The van der Waals surface area contributed by atoms with Crippen molar-refractivity contribution < 1.29 is 9.94 Å². The minimum atomic E-state index is 0.289. The zero-order chi connectivity index (χ0) is 8.10. The summed E-state index contributed by atoms with van der Waals surface area (Å²) in [7, 11) is 1.54. The van der Waals surface area contributed by atoms with E-state index in [4.69, 9.17) is 0 Å². The Bertz CT molecular complexity index is 225. The summed E-state index contributed by atoms with van der Waals surface area (Å²) in [4.78, 5) is 4.64. The van der Waals surface area contributed by atoms with E-state index in [-0.39, 0.29) is 5.75 Å². The quantitative estimate of drug-likeness (QED) is 0.637. The Hall–Kier alpha value is -1.06. The van der Waals surface area contributed by atoms with E-state index in [2.05, 4.69) is 10.3 Å². The van der Waals surface area contributed by atoms with Crippen LogP contribution in [-0.4, -0.2) is 12.2 Å². The Kier molecular flexibility index (Phi) is 2.89. The number of rotatable bonds is 3. The van der Waals surface area contributed by atoms with Crippen molar-refractivity contribution in [3.05, 3.63) is 29.8 Å². The second-order valence-corrected chi connectivity index (χ2v) is 2.15. The first-order valence-electron chi connectivity index (χ1n) is 3.37. The van der Waals surface area contributed by atoms with E-state index in [0.717, 1.165) is 5.56 Å². The van der Waals surface area contributed by atoms with Crippen molar-refractivity contribution >= 4 is 0 Å². The zero-order valence-corrected chi connectivity index (χ0v) is 6.37. The summed E-state index contributed by atoms with van der Waals surface area (Å²) in [5, 5.41) is 9.24. The topological polar surface area (TPSA) is 41.5 Å². The van der Waals surface area contributed by atoms with Crippen molar-refractivity contribution in [1.29, 1.82) is 0 Å². The average Bonchev–Trinajstić information content (AvgIpc) is 2.03. The van der Waals surface area contributed by atoms with Crippen LogP contribution < -0.4 is 5.48 Å². The normalized spacial score (nSPS) is 9.91. The summed E-state index contributed by atoms with van der Waals surface area (Å²) < 4.78 is 0. The molecule has 0 radical (unpaired) electrons. The Labute approximate surface area is 65.6 Å². The summed E-state index contributed by atoms with van der Waals surface area (Å²) in [6.07, 6.45) is 0. The van der Waals surface area contributed by atoms with E-state index < -0.39 is 0 Å². The molecule has 0 saturated heterocycles. The smallest absolute Gasteiger partial charge is 0.120 e. The van der Waals surface area contributed by atoms with E-state index in [1.807, 2.05) is 12.1 Å². The van der Waals surface area contributed by atoms with E-state index in [0.29, 0.717) is 6.54 Å². The molecule has 1 aromatic rings. The van der Waals surface area contributed by atoms with Crippen LogP contribution in [0.3, 0.4) is 0 Å². The van der Waals surface area contributed by atoms with Gasteiger partial charge in [-0.25, -0.2) is 0 Å². The lowest BCUT2D eigenvalue weighted by Crippen LogP contribution is -2.10. The summed E-state index contributed by atoms with van der Waals surface area (Å²) in [5.74, 6) is 0.289. The zero-order valence-electron chi connectivity index (χ0n) is 6.37. The first-order chi connectivity index (χ1) is 5.34. The Balaban J connectivity index is 2.62. The molecule has 2 N–H and O–H groups in total. The number of hydroxylamine groups is 1. The molecule has 0 heterocycles. The van der Waals surface area contributed by atoms with Crippen LogP contribution in [0.1, 0.15) is 5.56 Å². The van der Waals surface area contributed by atoms with Gasteiger partial charge in [0.1, 0.15) is 5.75 Å². The van der Waals surface area contributed by atoms with E-state index in [1.165, 1.54) is 0 Å². The minimum Gasteiger partial charge on any atom is -0.508 e. The molecule has 0 bridgehead atoms. The SMILES string of the molecule is CONCc1ccccc1O. The fraction of sp³-hybridized carbons (Fsp3) is 0.250. The highest BCUT2D eigenvalue weighted by molar-refractivity contribution is 5.31. The Morgan fingerprint density at radius 2 is 2.18 bits per heavy atom. The standard InChI is InChI=1S/C8H11NO2/c1-11-9-6-7-4-2-3-5-8(7)10/h2-5,9-10H,6H2,1H3. The van der Waals surface area contributed by atoms with Crippen LogP contribution >= 0.6 is 0 Å². The monoisotopic (exact) mass is 153 g/mol. The molecule has 3 nitrogen and oxygen atoms in total. The molecule has 0 aliphatic carbocycles. The van der Waals surface area contributed by atoms with Crippen molar-refractivity contribution in [2.45, 2.75) is 6.54 Å². The fourth-order valence-corrected chi connectivity index (χ4v) is 0.810. The minimum absolute atomic E-state index is 0.289. The first-order valence-corrected chi connectivity index (χ1v) is 3.37. The van der Waals surface area contributed by atoms with Gasteiger partial charge in [0.15, 0.2) is 0 Å². The molecule has 0 amide bonds. The maximum atomic E-state index is 9.24. The maximum Gasteiger partial charge on any atom is 0.120 e. The number of para-hydroxylation sites is 1. The molecule has 3 heteroatoms. The van der Waals surface area contributed by atoms with Crippen molar-refractivity contribution in [2.75, 3.05) is 7.11 Å². The second-order valence-electron chi connectivity index (χ2n) is 2.15. The predicted molar refractivity (Wildman–Crippen MR) is 42.0 cm³/mol. The largest absolute Gasteiger partial charge is 0.508 e. The van der Waals surface area contributed by atoms with Gasteiger partial charge < -0.3 is 9.94 Å². The lowest BCUT2D eigenvalue weighted by atomic mass is 10.2. The summed E-state index contributed by atoms with van der Waals surface area (Å²) in [6.45, 7) is 0.517. The van der Waals surface area contributed by atoms with Crippen molar-refractivity contribution in [3.8, 4) is 5.75 Å². The summed E-state index contributed by atoms with van der Waals surface area (Å²) >= 11 is 0. The predicted octanol–water partition coefficient (Wildman–Crippen LogP) is 1.04. The number of phenols is 1. The highest BCUT2D eigenvalue weighted by Crippen LogP contribution is 2.14. The third kappa shape index (κ3) is 2.22. The Morgan fingerprint density at radius 3 is 2.82 bits per heavy atom. The number of benzene rings is 1. The molecule has 0 aliphatic heterocycles. The average molecular weight is 153 g/mol. The van der Waals surface area contributed by atoms with Gasteiger partial charge in [0.25, 0.3) is 0 Å². The molecule has 0 saturated carbocycles. The van der Waals surface area contributed by atoms with Crippen molar-refractivity contribution in [1.82, 2.24) is 5.48 Å². The van der Waals surface area contributed by atoms with Gasteiger partial charge in [-0.15, -0.1) is 0 Å².